The van der Waals surface area contributed by atoms with Crippen LogP contribution in [0.15, 0.2) is 58.9 Å². The molecule has 2 amide bonds. The van der Waals surface area contributed by atoms with E-state index < -0.39 is 0 Å². The number of carbonyl (C=O) groups is 2. The molecule has 6 heteroatoms. The summed E-state index contributed by atoms with van der Waals surface area (Å²) in [6, 6.07) is 6.10. The molecule has 2 heterocycles. The molecule has 1 aromatic rings. The first-order valence-electron chi connectivity index (χ1n) is 11.2. The summed E-state index contributed by atoms with van der Waals surface area (Å²) in [5.74, 6) is -0.198. The van der Waals surface area contributed by atoms with Gasteiger partial charge in [0.1, 0.15) is 0 Å². The largest absolute Gasteiger partial charge is 0.339 e. The van der Waals surface area contributed by atoms with Crippen molar-refractivity contribution in [1.82, 2.24) is 9.80 Å². The van der Waals surface area contributed by atoms with E-state index in [4.69, 9.17) is 0 Å². The predicted octanol–water partition coefficient (Wildman–Crippen LogP) is 5.08. The van der Waals surface area contributed by atoms with Gasteiger partial charge in [-0.25, -0.2) is 0 Å². The maximum Gasteiger partial charge on any atom is 0.256 e. The number of nitrogens with zero attached hydrogens (tertiary/aromatic N) is 2. The molecule has 0 radical (unpaired) electrons. The SMILES string of the molecule is C=C/C=C1\C(=C)Sc2ccc(C(=O)N3CCC(N(CCC)CCC)CC3)cc2NC1=O. The van der Waals surface area contributed by atoms with Crippen LogP contribution in [-0.4, -0.2) is 53.8 Å². The summed E-state index contributed by atoms with van der Waals surface area (Å²) in [6.07, 6.45) is 7.59. The molecule has 1 fully saturated rings. The van der Waals surface area contributed by atoms with Crippen LogP contribution in [0.3, 0.4) is 0 Å². The van der Waals surface area contributed by atoms with Crippen LogP contribution < -0.4 is 5.32 Å². The zero-order chi connectivity index (χ0) is 22.4. The summed E-state index contributed by atoms with van der Waals surface area (Å²) in [6.45, 7) is 15.9. The number of hydrogen-bond acceptors (Lipinski definition) is 4. The van der Waals surface area contributed by atoms with Gasteiger partial charge in [0.05, 0.1) is 11.3 Å². The Morgan fingerprint density at radius 1 is 1.26 bits per heavy atom. The smallest absolute Gasteiger partial charge is 0.256 e. The highest BCUT2D eigenvalue weighted by Gasteiger charge is 2.28. The van der Waals surface area contributed by atoms with E-state index in [0.29, 0.717) is 27.8 Å². The average molecular weight is 440 g/mol. The minimum atomic E-state index is -0.228. The van der Waals surface area contributed by atoms with Gasteiger partial charge in [-0.15, -0.1) is 0 Å². The fourth-order valence-electron chi connectivity index (χ4n) is 4.31. The van der Waals surface area contributed by atoms with Crippen LogP contribution in [-0.2, 0) is 4.79 Å². The van der Waals surface area contributed by atoms with E-state index in [2.05, 4.69) is 37.2 Å². The van der Waals surface area contributed by atoms with Crippen LogP contribution >= 0.6 is 11.8 Å². The number of likely N-dealkylation sites (tertiary alicyclic amines) is 1. The first-order chi connectivity index (χ1) is 15.0. The summed E-state index contributed by atoms with van der Waals surface area (Å²) < 4.78 is 0. The lowest BCUT2D eigenvalue weighted by Crippen LogP contribution is -2.47. The molecule has 1 aromatic carbocycles. The van der Waals surface area contributed by atoms with Gasteiger partial charge in [-0.3, -0.25) is 9.59 Å². The monoisotopic (exact) mass is 439 g/mol. The zero-order valence-corrected chi connectivity index (χ0v) is 19.5. The molecule has 0 atom stereocenters. The number of carbonyl (C=O) groups excluding carboxylic acids is 2. The van der Waals surface area contributed by atoms with Gasteiger partial charge in [0.2, 0.25) is 0 Å². The summed E-state index contributed by atoms with van der Waals surface area (Å²) in [4.78, 5) is 31.8. The zero-order valence-electron chi connectivity index (χ0n) is 18.7. The van der Waals surface area contributed by atoms with Crippen molar-refractivity contribution in [2.45, 2.75) is 50.5 Å². The van der Waals surface area contributed by atoms with Gasteiger partial charge in [0.25, 0.3) is 11.8 Å². The van der Waals surface area contributed by atoms with Crippen molar-refractivity contribution in [3.63, 3.8) is 0 Å². The quantitative estimate of drug-likeness (QED) is 0.602. The Bertz CT molecular complexity index is 879. The predicted molar refractivity (Wildman–Crippen MR) is 129 cm³/mol. The van der Waals surface area contributed by atoms with Crippen LogP contribution in [0.2, 0.25) is 0 Å². The van der Waals surface area contributed by atoms with Gasteiger partial charge in [0, 0.05) is 34.5 Å². The summed E-state index contributed by atoms with van der Waals surface area (Å²) >= 11 is 1.43. The number of amides is 2. The van der Waals surface area contributed by atoms with Crippen molar-refractivity contribution in [1.29, 1.82) is 0 Å². The third-order valence-corrected chi connectivity index (χ3v) is 6.87. The van der Waals surface area contributed by atoms with Gasteiger partial charge in [-0.05, 0) is 63.0 Å². The highest BCUT2D eigenvalue weighted by molar-refractivity contribution is 8.03. The first-order valence-corrected chi connectivity index (χ1v) is 12.0. The van der Waals surface area contributed by atoms with Crippen molar-refractivity contribution in [2.75, 3.05) is 31.5 Å². The number of piperidine rings is 1. The molecule has 0 aromatic heterocycles. The Labute approximate surface area is 190 Å². The van der Waals surface area contributed by atoms with E-state index >= 15 is 0 Å². The third kappa shape index (κ3) is 5.49. The first kappa shape index (κ1) is 23.4. The number of allylic oxidation sites excluding steroid dienone is 2. The Morgan fingerprint density at radius 3 is 2.55 bits per heavy atom. The van der Waals surface area contributed by atoms with E-state index in [9.17, 15) is 9.59 Å². The average Bonchev–Trinajstić information content (AvgIpc) is 2.89. The van der Waals surface area contributed by atoms with Crippen LogP contribution in [0.1, 0.15) is 49.9 Å². The molecule has 0 aliphatic carbocycles. The van der Waals surface area contributed by atoms with Gasteiger partial charge in [-0.1, -0.05) is 44.8 Å². The van der Waals surface area contributed by atoms with Crippen molar-refractivity contribution >= 4 is 29.3 Å². The number of benzene rings is 1. The third-order valence-electron chi connectivity index (χ3n) is 5.83. The molecule has 1 saturated heterocycles. The molecule has 5 nitrogen and oxygen atoms in total. The van der Waals surface area contributed by atoms with Gasteiger partial charge in [-0.2, -0.15) is 0 Å². The number of hydrogen-bond donors (Lipinski definition) is 1. The lowest BCUT2D eigenvalue weighted by atomic mass is 10.0. The molecule has 0 unspecified atom stereocenters. The second-order valence-corrected chi connectivity index (χ2v) is 9.20. The van der Waals surface area contributed by atoms with Gasteiger partial charge < -0.3 is 15.1 Å². The molecule has 166 valence electrons. The molecule has 0 spiro atoms. The van der Waals surface area contributed by atoms with Crippen molar-refractivity contribution < 1.29 is 9.59 Å². The van der Waals surface area contributed by atoms with Gasteiger partial charge in [0.15, 0.2) is 0 Å². The molecule has 2 aliphatic heterocycles. The maximum atomic E-state index is 13.2. The van der Waals surface area contributed by atoms with Crippen LogP contribution in [0.25, 0.3) is 0 Å². The fourth-order valence-corrected chi connectivity index (χ4v) is 5.20. The maximum absolute atomic E-state index is 13.2. The standard InChI is InChI=1S/C25H33N3O2S/c1-5-8-21-18(4)31-23-10-9-19(17-22(23)26-24(21)29)25(30)28-15-11-20(12-16-28)27(13-6-2)14-7-3/h5,8-10,17,20H,1,4,6-7,11-16H2,2-3H3,(H,26,29)/b21-8+. The minimum Gasteiger partial charge on any atom is -0.339 e. The molecule has 0 bridgehead atoms. The fraction of sp³-hybridized carbons (Fsp3) is 0.440. The Hall–Kier alpha value is -2.31. The van der Waals surface area contributed by atoms with Crippen molar-refractivity contribution in [3.05, 3.63) is 59.6 Å². The van der Waals surface area contributed by atoms with Crippen LogP contribution in [0, 0.1) is 0 Å². The Kier molecular flexibility index (Phi) is 8.15. The normalized spacial score (nSPS) is 18.7. The number of thioether (sulfide) groups is 1. The van der Waals surface area contributed by atoms with Crippen molar-refractivity contribution in [3.8, 4) is 0 Å². The molecule has 2 aliphatic rings. The van der Waals surface area contributed by atoms with E-state index in [0.717, 1.165) is 56.8 Å². The molecule has 1 N–H and O–H groups in total. The Balaban J connectivity index is 1.70. The molecule has 0 saturated carbocycles. The van der Waals surface area contributed by atoms with E-state index in [1.807, 2.05) is 17.0 Å². The number of fused-ring (bicyclic) bond motifs is 1. The van der Waals surface area contributed by atoms with Crippen LogP contribution in [0.5, 0.6) is 0 Å². The molecule has 31 heavy (non-hydrogen) atoms. The summed E-state index contributed by atoms with van der Waals surface area (Å²) in [5.41, 5.74) is 1.76. The molecular weight excluding hydrogens is 406 g/mol. The highest BCUT2D eigenvalue weighted by atomic mass is 32.2. The lowest BCUT2D eigenvalue weighted by Gasteiger charge is -2.38. The molecular formula is C25H33N3O2S. The molecule has 3 rings (SSSR count). The number of nitrogens with one attached hydrogen (secondary N) is 1. The summed E-state index contributed by atoms with van der Waals surface area (Å²) in [5, 5.41) is 2.92. The minimum absolute atomic E-state index is 0.0305. The Morgan fingerprint density at radius 2 is 1.94 bits per heavy atom. The second-order valence-electron chi connectivity index (χ2n) is 8.07. The topological polar surface area (TPSA) is 52.7 Å². The lowest BCUT2D eigenvalue weighted by molar-refractivity contribution is -0.112. The van der Waals surface area contributed by atoms with E-state index in [-0.39, 0.29) is 11.8 Å². The van der Waals surface area contributed by atoms with E-state index in [1.54, 1.807) is 18.2 Å². The summed E-state index contributed by atoms with van der Waals surface area (Å²) in [7, 11) is 0. The van der Waals surface area contributed by atoms with Gasteiger partial charge >= 0.3 is 0 Å². The van der Waals surface area contributed by atoms with Crippen molar-refractivity contribution in [2.24, 2.45) is 0 Å². The van der Waals surface area contributed by atoms with Crippen LogP contribution in [0.4, 0.5) is 5.69 Å². The van der Waals surface area contributed by atoms with E-state index in [1.165, 1.54) is 11.8 Å². The highest BCUT2D eigenvalue weighted by Crippen LogP contribution is 2.39. The number of rotatable bonds is 7. The number of anilines is 1. The second kappa shape index (κ2) is 10.8.